The lowest BCUT2D eigenvalue weighted by Crippen LogP contribution is -2.37. The van der Waals surface area contributed by atoms with Crippen molar-refractivity contribution in [3.05, 3.63) is 29.8 Å². The van der Waals surface area contributed by atoms with Gasteiger partial charge in [0.25, 0.3) is 0 Å². The highest BCUT2D eigenvalue weighted by Gasteiger charge is 2.13. The van der Waals surface area contributed by atoms with Crippen molar-refractivity contribution in [3.63, 3.8) is 0 Å². The van der Waals surface area contributed by atoms with E-state index in [0.717, 1.165) is 12.1 Å². The number of aliphatic hydroxyl groups excluding tert-OH is 1. The molecule has 0 aliphatic heterocycles. The molecular formula is C12H19NO2S. The lowest BCUT2D eigenvalue weighted by molar-refractivity contribution is 0.276. The molecule has 2 unspecified atom stereocenters. The molecule has 0 fully saturated rings. The molecule has 0 saturated heterocycles. The van der Waals surface area contributed by atoms with Gasteiger partial charge < -0.3 is 15.5 Å². The second-order valence-corrected chi connectivity index (χ2v) is 4.87. The van der Waals surface area contributed by atoms with Crippen molar-refractivity contribution in [1.29, 1.82) is 0 Å². The molecule has 1 aromatic rings. The van der Waals surface area contributed by atoms with Gasteiger partial charge in [0.2, 0.25) is 0 Å². The Balaban J connectivity index is 2.42. The highest BCUT2D eigenvalue weighted by molar-refractivity contribution is 7.99. The average molecular weight is 241 g/mol. The van der Waals surface area contributed by atoms with E-state index in [-0.39, 0.29) is 23.6 Å². The van der Waals surface area contributed by atoms with Crippen LogP contribution in [0.1, 0.15) is 12.5 Å². The molecule has 4 heteroatoms. The Morgan fingerprint density at radius 1 is 1.31 bits per heavy atom. The molecule has 3 N–H and O–H groups in total. The van der Waals surface area contributed by atoms with Gasteiger partial charge >= 0.3 is 0 Å². The van der Waals surface area contributed by atoms with E-state index in [1.54, 1.807) is 23.9 Å². The third-order valence-electron chi connectivity index (χ3n) is 2.60. The number of rotatable bonds is 6. The summed E-state index contributed by atoms with van der Waals surface area (Å²) in [6.45, 7) is 3.00. The van der Waals surface area contributed by atoms with Crippen LogP contribution in [0.4, 0.5) is 0 Å². The molecule has 3 nitrogen and oxygen atoms in total. The Morgan fingerprint density at radius 2 is 1.94 bits per heavy atom. The van der Waals surface area contributed by atoms with Gasteiger partial charge in [0, 0.05) is 17.8 Å². The standard InChI is InChI=1S/C12H19NO2S/c1-9(12(8-14)16-2)13-7-10-3-5-11(15)6-4-10/h3-6,9,12-15H,7-8H2,1-2H3. The number of aliphatic hydroxyl groups is 1. The average Bonchev–Trinajstić information content (AvgIpc) is 2.30. The first kappa shape index (κ1) is 13.4. The Hall–Kier alpha value is -0.710. The predicted octanol–water partition coefficient (Wildman–Crippen LogP) is 1.59. The number of hydrogen-bond acceptors (Lipinski definition) is 4. The topological polar surface area (TPSA) is 52.5 Å². The molecule has 1 aromatic carbocycles. The van der Waals surface area contributed by atoms with Gasteiger partial charge in [-0.15, -0.1) is 0 Å². The fraction of sp³-hybridized carbons (Fsp3) is 0.500. The molecule has 0 aliphatic rings. The first-order valence-corrected chi connectivity index (χ1v) is 6.61. The molecule has 0 radical (unpaired) electrons. The van der Waals surface area contributed by atoms with E-state index in [2.05, 4.69) is 12.2 Å². The zero-order valence-corrected chi connectivity index (χ0v) is 10.5. The second-order valence-electron chi connectivity index (χ2n) is 3.79. The van der Waals surface area contributed by atoms with Gasteiger partial charge in [-0.05, 0) is 30.9 Å². The maximum absolute atomic E-state index is 9.14. The van der Waals surface area contributed by atoms with Crippen LogP contribution in [0.3, 0.4) is 0 Å². The SMILES string of the molecule is CSC(CO)C(C)NCc1ccc(O)cc1. The van der Waals surface area contributed by atoms with Gasteiger partial charge in [0.05, 0.1) is 6.61 Å². The molecule has 0 aromatic heterocycles. The minimum Gasteiger partial charge on any atom is -0.508 e. The largest absolute Gasteiger partial charge is 0.508 e. The van der Waals surface area contributed by atoms with Crippen LogP contribution in [-0.4, -0.2) is 34.4 Å². The fourth-order valence-corrected chi connectivity index (χ4v) is 2.11. The van der Waals surface area contributed by atoms with Crippen LogP contribution >= 0.6 is 11.8 Å². The maximum atomic E-state index is 9.14. The van der Waals surface area contributed by atoms with Crippen molar-refractivity contribution < 1.29 is 10.2 Å². The Bertz CT molecular complexity index is 298. The number of aromatic hydroxyl groups is 1. The fourth-order valence-electron chi connectivity index (χ4n) is 1.46. The summed E-state index contributed by atoms with van der Waals surface area (Å²) in [7, 11) is 0. The van der Waals surface area contributed by atoms with Gasteiger partial charge in [0.1, 0.15) is 5.75 Å². The van der Waals surface area contributed by atoms with Crippen molar-refractivity contribution >= 4 is 11.8 Å². The molecular weight excluding hydrogens is 222 g/mol. The maximum Gasteiger partial charge on any atom is 0.115 e. The molecule has 2 atom stereocenters. The number of phenolic OH excluding ortho intramolecular Hbond substituents is 1. The molecule has 1 rings (SSSR count). The van der Waals surface area contributed by atoms with Crippen LogP contribution in [0.15, 0.2) is 24.3 Å². The monoisotopic (exact) mass is 241 g/mol. The smallest absolute Gasteiger partial charge is 0.115 e. The summed E-state index contributed by atoms with van der Waals surface area (Å²) in [6.07, 6.45) is 2.00. The van der Waals surface area contributed by atoms with Crippen molar-refractivity contribution in [2.24, 2.45) is 0 Å². The molecule has 0 amide bonds. The number of phenols is 1. The Kier molecular flexibility index (Phi) is 5.66. The second kappa shape index (κ2) is 6.78. The van der Waals surface area contributed by atoms with Crippen LogP contribution < -0.4 is 5.32 Å². The summed E-state index contributed by atoms with van der Waals surface area (Å²) < 4.78 is 0. The van der Waals surface area contributed by atoms with E-state index in [1.165, 1.54) is 0 Å². The summed E-state index contributed by atoms with van der Waals surface area (Å²) in [5.74, 6) is 0.286. The van der Waals surface area contributed by atoms with Gasteiger partial charge in [-0.3, -0.25) is 0 Å². The van der Waals surface area contributed by atoms with E-state index >= 15 is 0 Å². The van der Waals surface area contributed by atoms with Crippen molar-refractivity contribution in [2.45, 2.75) is 24.8 Å². The summed E-state index contributed by atoms with van der Waals surface area (Å²) in [6, 6.07) is 7.40. The third-order valence-corrected chi connectivity index (χ3v) is 3.77. The number of hydrogen-bond donors (Lipinski definition) is 3. The van der Waals surface area contributed by atoms with Crippen LogP contribution in [-0.2, 0) is 6.54 Å². The normalized spacial score (nSPS) is 14.7. The van der Waals surface area contributed by atoms with Crippen molar-refractivity contribution in [2.75, 3.05) is 12.9 Å². The number of thioether (sulfide) groups is 1. The zero-order chi connectivity index (χ0) is 12.0. The highest BCUT2D eigenvalue weighted by Crippen LogP contribution is 2.12. The first-order valence-electron chi connectivity index (χ1n) is 5.32. The van der Waals surface area contributed by atoms with Crippen LogP contribution in [0.2, 0.25) is 0 Å². The van der Waals surface area contributed by atoms with E-state index in [1.807, 2.05) is 18.4 Å². The van der Waals surface area contributed by atoms with E-state index in [4.69, 9.17) is 10.2 Å². The quantitative estimate of drug-likeness (QED) is 0.708. The Morgan fingerprint density at radius 3 is 2.44 bits per heavy atom. The highest BCUT2D eigenvalue weighted by atomic mass is 32.2. The molecule has 0 saturated carbocycles. The minimum atomic E-state index is 0.185. The molecule has 16 heavy (non-hydrogen) atoms. The van der Waals surface area contributed by atoms with Gasteiger partial charge in [-0.2, -0.15) is 11.8 Å². The van der Waals surface area contributed by atoms with E-state index < -0.39 is 0 Å². The summed E-state index contributed by atoms with van der Waals surface area (Å²) in [5.41, 5.74) is 1.13. The molecule has 90 valence electrons. The third kappa shape index (κ3) is 4.04. The predicted molar refractivity (Wildman–Crippen MR) is 68.8 cm³/mol. The van der Waals surface area contributed by atoms with Crippen LogP contribution in [0.25, 0.3) is 0 Å². The van der Waals surface area contributed by atoms with Crippen molar-refractivity contribution in [3.8, 4) is 5.75 Å². The van der Waals surface area contributed by atoms with Crippen LogP contribution in [0, 0.1) is 0 Å². The molecule has 0 aliphatic carbocycles. The zero-order valence-electron chi connectivity index (χ0n) is 9.68. The summed E-state index contributed by atoms with van der Waals surface area (Å²) in [5, 5.41) is 21.9. The minimum absolute atomic E-state index is 0.185. The summed E-state index contributed by atoms with van der Waals surface area (Å²) >= 11 is 1.66. The van der Waals surface area contributed by atoms with Gasteiger partial charge in [0.15, 0.2) is 0 Å². The number of nitrogens with one attached hydrogen (secondary N) is 1. The lowest BCUT2D eigenvalue weighted by Gasteiger charge is -2.21. The van der Waals surface area contributed by atoms with Gasteiger partial charge in [-0.1, -0.05) is 12.1 Å². The Labute approximate surface area is 101 Å². The van der Waals surface area contributed by atoms with E-state index in [9.17, 15) is 0 Å². The molecule has 0 spiro atoms. The van der Waals surface area contributed by atoms with Crippen molar-refractivity contribution in [1.82, 2.24) is 5.32 Å². The summed E-state index contributed by atoms with van der Waals surface area (Å²) in [4.78, 5) is 0. The lowest BCUT2D eigenvalue weighted by atomic mass is 10.2. The number of benzene rings is 1. The molecule has 0 bridgehead atoms. The van der Waals surface area contributed by atoms with Gasteiger partial charge in [-0.25, -0.2) is 0 Å². The first-order chi connectivity index (χ1) is 7.67. The van der Waals surface area contributed by atoms with Crippen LogP contribution in [0.5, 0.6) is 5.75 Å². The molecule has 0 heterocycles. The van der Waals surface area contributed by atoms with E-state index in [0.29, 0.717) is 0 Å².